The van der Waals surface area contributed by atoms with Crippen molar-refractivity contribution in [3.8, 4) is 11.5 Å². The van der Waals surface area contributed by atoms with Gasteiger partial charge < -0.3 is 24.7 Å². The zero-order chi connectivity index (χ0) is 21.1. The summed E-state index contributed by atoms with van der Waals surface area (Å²) >= 11 is 0. The molecule has 1 aliphatic heterocycles. The number of para-hydroxylation sites is 1. The van der Waals surface area contributed by atoms with E-state index in [2.05, 4.69) is 10.3 Å². The number of H-pyrrole nitrogens is 1. The standard InChI is InChI=1S/C23H25N3O4/c1-29-16-9-10-20(21(12-16)30-2)25-22(27)15-6-5-11-26(14-15)23(28)18-13-24-19-8-4-3-7-17(18)19/h3-4,7-10,12-13,15,24H,5-6,11,14H2,1-2H3,(H,25,27). The van der Waals surface area contributed by atoms with Crippen molar-refractivity contribution in [1.82, 2.24) is 9.88 Å². The fourth-order valence-corrected chi connectivity index (χ4v) is 3.93. The number of anilines is 1. The monoisotopic (exact) mass is 407 g/mol. The highest BCUT2D eigenvalue weighted by Crippen LogP contribution is 2.30. The van der Waals surface area contributed by atoms with E-state index in [1.54, 1.807) is 43.5 Å². The van der Waals surface area contributed by atoms with Gasteiger partial charge in [0.1, 0.15) is 11.5 Å². The first-order valence-electron chi connectivity index (χ1n) is 9.99. The van der Waals surface area contributed by atoms with Gasteiger partial charge >= 0.3 is 0 Å². The van der Waals surface area contributed by atoms with Crippen molar-refractivity contribution in [2.24, 2.45) is 5.92 Å². The number of aromatic amines is 1. The molecule has 0 radical (unpaired) electrons. The lowest BCUT2D eigenvalue weighted by molar-refractivity contribution is -0.121. The van der Waals surface area contributed by atoms with Crippen LogP contribution in [-0.4, -0.2) is 49.0 Å². The average molecular weight is 407 g/mol. The Bertz CT molecular complexity index is 1080. The molecule has 1 unspecified atom stereocenters. The molecule has 7 nitrogen and oxygen atoms in total. The third-order valence-electron chi connectivity index (χ3n) is 5.57. The van der Waals surface area contributed by atoms with E-state index in [1.165, 1.54) is 0 Å². The Kier molecular flexibility index (Phi) is 5.61. The number of carbonyl (C=O) groups excluding carboxylic acids is 2. The van der Waals surface area contributed by atoms with E-state index in [0.29, 0.717) is 35.8 Å². The van der Waals surface area contributed by atoms with Crippen LogP contribution >= 0.6 is 0 Å². The Morgan fingerprint density at radius 3 is 2.77 bits per heavy atom. The molecule has 1 fully saturated rings. The maximum Gasteiger partial charge on any atom is 0.256 e. The molecule has 0 spiro atoms. The Labute approximate surface area is 175 Å². The minimum absolute atomic E-state index is 0.0491. The van der Waals surface area contributed by atoms with Crippen molar-refractivity contribution < 1.29 is 19.1 Å². The number of piperidine rings is 1. The Morgan fingerprint density at radius 2 is 1.97 bits per heavy atom. The van der Waals surface area contributed by atoms with Gasteiger partial charge in [0.05, 0.1) is 31.4 Å². The van der Waals surface area contributed by atoms with Crippen LogP contribution in [0.2, 0.25) is 0 Å². The number of methoxy groups -OCH3 is 2. The molecule has 0 saturated carbocycles. The lowest BCUT2D eigenvalue weighted by Crippen LogP contribution is -2.43. The predicted molar refractivity (Wildman–Crippen MR) is 115 cm³/mol. The molecule has 7 heteroatoms. The van der Waals surface area contributed by atoms with Gasteiger partial charge in [-0.2, -0.15) is 0 Å². The molecule has 1 saturated heterocycles. The number of hydrogen-bond acceptors (Lipinski definition) is 4. The Hall–Kier alpha value is -3.48. The minimum Gasteiger partial charge on any atom is -0.497 e. The first-order valence-corrected chi connectivity index (χ1v) is 9.99. The summed E-state index contributed by atoms with van der Waals surface area (Å²) < 4.78 is 10.6. The summed E-state index contributed by atoms with van der Waals surface area (Å²) in [6.07, 6.45) is 3.27. The molecule has 1 aliphatic rings. The van der Waals surface area contributed by atoms with Gasteiger partial charge in [0.2, 0.25) is 5.91 Å². The van der Waals surface area contributed by atoms with Crippen molar-refractivity contribution >= 4 is 28.4 Å². The first kappa shape index (κ1) is 19.8. The van der Waals surface area contributed by atoms with Gasteiger partial charge in [-0.05, 0) is 31.0 Å². The number of carbonyl (C=O) groups is 2. The summed E-state index contributed by atoms with van der Waals surface area (Å²) in [6.45, 7) is 1.04. The summed E-state index contributed by atoms with van der Waals surface area (Å²) in [7, 11) is 3.13. The molecule has 2 amide bonds. The first-order chi connectivity index (χ1) is 14.6. The van der Waals surface area contributed by atoms with Crippen LogP contribution in [0, 0.1) is 5.92 Å². The van der Waals surface area contributed by atoms with Gasteiger partial charge in [0.25, 0.3) is 5.91 Å². The van der Waals surface area contributed by atoms with E-state index in [4.69, 9.17) is 9.47 Å². The number of nitrogens with one attached hydrogen (secondary N) is 2. The molecule has 1 aromatic heterocycles. The molecule has 2 N–H and O–H groups in total. The zero-order valence-electron chi connectivity index (χ0n) is 17.1. The second-order valence-corrected chi connectivity index (χ2v) is 7.39. The van der Waals surface area contributed by atoms with Crippen LogP contribution in [0.1, 0.15) is 23.2 Å². The number of aromatic nitrogens is 1. The fraction of sp³-hybridized carbons (Fsp3) is 0.304. The third kappa shape index (κ3) is 3.83. The summed E-state index contributed by atoms with van der Waals surface area (Å²) in [5, 5.41) is 3.84. The summed E-state index contributed by atoms with van der Waals surface area (Å²) in [6, 6.07) is 13.0. The maximum atomic E-state index is 13.1. The molecule has 2 heterocycles. The number of amides is 2. The van der Waals surface area contributed by atoms with E-state index in [0.717, 1.165) is 23.7 Å². The summed E-state index contributed by atoms with van der Waals surface area (Å²) in [4.78, 5) is 30.9. The smallest absolute Gasteiger partial charge is 0.256 e. The zero-order valence-corrected chi connectivity index (χ0v) is 17.1. The van der Waals surface area contributed by atoms with Crippen molar-refractivity contribution in [2.75, 3.05) is 32.6 Å². The Morgan fingerprint density at radius 1 is 1.13 bits per heavy atom. The van der Waals surface area contributed by atoms with Gasteiger partial charge in [0, 0.05) is 36.3 Å². The van der Waals surface area contributed by atoms with Crippen LogP contribution < -0.4 is 14.8 Å². The molecule has 1 atom stereocenters. The third-order valence-corrected chi connectivity index (χ3v) is 5.57. The normalized spacial score (nSPS) is 16.3. The van der Waals surface area contributed by atoms with Gasteiger partial charge in [-0.25, -0.2) is 0 Å². The molecule has 0 aliphatic carbocycles. The van der Waals surface area contributed by atoms with Crippen molar-refractivity contribution in [1.29, 1.82) is 0 Å². The number of hydrogen-bond donors (Lipinski definition) is 2. The fourth-order valence-electron chi connectivity index (χ4n) is 3.93. The highest BCUT2D eigenvalue weighted by Gasteiger charge is 2.30. The number of rotatable bonds is 5. The largest absolute Gasteiger partial charge is 0.497 e. The highest BCUT2D eigenvalue weighted by molar-refractivity contribution is 6.07. The predicted octanol–water partition coefficient (Wildman–Crippen LogP) is 3.68. The van der Waals surface area contributed by atoms with Crippen LogP contribution in [0.5, 0.6) is 11.5 Å². The SMILES string of the molecule is COc1ccc(NC(=O)C2CCCN(C(=O)c3c[nH]c4ccccc34)C2)c(OC)c1. The molecule has 30 heavy (non-hydrogen) atoms. The number of likely N-dealkylation sites (tertiary alicyclic amines) is 1. The number of nitrogens with zero attached hydrogens (tertiary/aromatic N) is 1. The lowest BCUT2D eigenvalue weighted by atomic mass is 9.96. The van der Waals surface area contributed by atoms with Gasteiger partial charge in [-0.15, -0.1) is 0 Å². The molecular formula is C23H25N3O4. The van der Waals surface area contributed by atoms with E-state index in [1.807, 2.05) is 24.3 Å². The van der Waals surface area contributed by atoms with Crippen LogP contribution in [0.4, 0.5) is 5.69 Å². The van der Waals surface area contributed by atoms with Crippen LogP contribution in [-0.2, 0) is 4.79 Å². The van der Waals surface area contributed by atoms with Gasteiger partial charge in [-0.3, -0.25) is 9.59 Å². The molecule has 0 bridgehead atoms. The summed E-state index contributed by atoms with van der Waals surface area (Å²) in [5.41, 5.74) is 2.16. The topological polar surface area (TPSA) is 83.7 Å². The minimum atomic E-state index is -0.278. The molecule has 156 valence electrons. The highest BCUT2D eigenvalue weighted by atomic mass is 16.5. The molecule has 3 aromatic rings. The van der Waals surface area contributed by atoms with Crippen molar-refractivity contribution in [3.05, 3.63) is 54.2 Å². The second-order valence-electron chi connectivity index (χ2n) is 7.39. The van der Waals surface area contributed by atoms with Crippen molar-refractivity contribution in [2.45, 2.75) is 12.8 Å². The van der Waals surface area contributed by atoms with E-state index < -0.39 is 0 Å². The Balaban J connectivity index is 1.47. The quantitative estimate of drug-likeness (QED) is 0.676. The van der Waals surface area contributed by atoms with Gasteiger partial charge in [0.15, 0.2) is 0 Å². The molecule has 2 aromatic carbocycles. The molecular weight excluding hydrogens is 382 g/mol. The lowest BCUT2D eigenvalue weighted by Gasteiger charge is -2.32. The van der Waals surface area contributed by atoms with E-state index in [9.17, 15) is 9.59 Å². The van der Waals surface area contributed by atoms with Crippen LogP contribution in [0.15, 0.2) is 48.7 Å². The van der Waals surface area contributed by atoms with Crippen LogP contribution in [0.3, 0.4) is 0 Å². The van der Waals surface area contributed by atoms with Gasteiger partial charge in [-0.1, -0.05) is 18.2 Å². The maximum absolute atomic E-state index is 13.1. The van der Waals surface area contributed by atoms with Crippen molar-refractivity contribution in [3.63, 3.8) is 0 Å². The van der Waals surface area contributed by atoms with E-state index >= 15 is 0 Å². The number of benzene rings is 2. The number of ether oxygens (including phenoxy) is 2. The summed E-state index contributed by atoms with van der Waals surface area (Å²) in [5.74, 6) is 0.741. The number of fused-ring (bicyclic) bond motifs is 1. The molecule has 4 rings (SSSR count). The van der Waals surface area contributed by atoms with E-state index in [-0.39, 0.29) is 17.7 Å². The second kappa shape index (κ2) is 8.49. The van der Waals surface area contributed by atoms with Crippen LogP contribution in [0.25, 0.3) is 10.9 Å². The average Bonchev–Trinajstić information content (AvgIpc) is 3.23.